The third-order valence-corrected chi connectivity index (χ3v) is 19.2. The van der Waals surface area contributed by atoms with Crippen LogP contribution in [0.5, 0.6) is 0 Å². The van der Waals surface area contributed by atoms with Crippen molar-refractivity contribution < 1.29 is 21.3 Å². The van der Waals surface area contributed by atoms with Gasteiger partial charge in [-0.25, -0.2) is 0 Å². The Kier molecular flexibility index (Phi) is 12.8. The Morgan fingerprint density at radius 1 is 0.571 bits per heavy atom. The molecule has 0 saturated carbocycles. The van der Waals surface area contributed by atoms with Gasteiger partial charge in [0.1, 0.15) is 0 Å². The van der Waals surface area contributed by atoms with Crippen LogP contribution in [0.4, 0.5) is 0 Å². The monoisotopic (exact) mass is 890 g/mol. The Labute approximate surface area is 363 Å². The molecule has 0 N–H and O–H groups in total. The first-order chi connectivity index (χ1) is 25.9. The smallest absolute Gasteiger partial charge is 0.147 e. The molecule has 284 valence electrons. The van der Waals surface area contributed by atoms with E-state index in [1.54, 1.807) is 6.55 Å². The Balaban J connectivity index is 0.00000266. The second kappa shape index (κ2) is 16.9. The first-order valence-electron chi connectivity index (χ1n) is 19.0. The van der Waals surface area contributed by atoms with Crippen LogP contribution in [0.25, 0.3) is 33.4 Å². The van der Waals surface area contributed by atoms with Gasteiger partial charge in [0.15, 0.2) is 0 Å². The van der Waals surface area contributed by atoms with E-state index in [0.29, 0.717) is 0 Å². The molecule has 0 amide bonds. The Hall–Kier alpha value is -3.29. The largest absolute Gasteiger partial charge is 0.147 e. The van der Waals surface area contributed by atoms with E-state index in [1.807, 2.05) is 0 Å². The van der Waals surface area contributed by atoms with E-state index in [9.17, 15) is 0 Å². The molecular weight excluding hydrogens is 846 g/mol. The van der Waals surface area contributed by atoms with E-state index in [2.05, 4.69) is 187 Å². The van der Waals surface area contributed by atoms with Crippen LogP contribution in [0.1, 0.15) is 81.3 Å². The summed E-state index contributed by atoms with van der Waals surface area (Å²) in [4.78, 5) is 0. The molecule has 0 aromatic heterocycles. The number of rotatable bonds is 6. The summed E-state index contributed by atoms with van der Waals surface area (Å²) in [5.74, 6) is 0. The molecule has 0 bridgehead atoms. The number of allylic oxidation sites excluding steroid dienone is 4. The van der Waals surface area contributed by atoms with Crippen molar-refractivity contribution in [1.82, 2.24) is 0 Å². The minimum Gasteiger partial charge on any atom is -0.147 e. The normalized spacial score (nSPS) is 13.0. The van der Waals surface area contributed by atoms with E-state index in [-0.39, 0.29) is 35.6 Å². The van der Waals surface area contributed by atoms with E-state index < -0.39 is 21.3 Å². The third-order valence-electron chi connectivity index (χ3n) is 11.0. The summed E-state index contributed by atoms with van der Waals surface area (Å²) in [6.07, 6.45) is 8.96. The summed E-state index contributed by atoms with van der Waals surface area (Å²) in [6, 6.07) is 47.0. The predicted molar refractivity (Wildman–Crippen MR) is 245 cm³/mol. The van der Waals surface area contributed by atoms with Gasteiger partial charge in [0.2, 0.25) is 0 Å². The van der Waals surface area contributed by atoms with Gasteiger partial charge in [0, 0.05) is 0 Å². The number of hydrogen-bond donors (Lipinski definition) is 0. The van der Waals surface area contributed by atoms with Gasteiger partial charge >= 0.3 is 342 Å². The first-order valence-corrected chi connectivity index (χ1v) is 23.4. The zero-order chi connectivity index (χ0) is 37.8. The van der Waals surface area contributed by atoms with Gasteiger partial charge in [-0.15, -0.1) is 24.8 Å². The zero-order valence-corrected chi connectivity index (χ0v) is 38.4. The summed E-state index contributed by atoms with van der Waals surface area (Å²) in [5, 5.41) is 1.50. The van der Waals surface area contributed by atoms with E-state index >= 15 is 0 Å². The molecule has 0 aliphatic heterocycles. The van der Waals surface area contributed by atoms with Crippen LogP contribution < -0.4 is 3.27 Å². The molecule has 2 aliphatic carbocycles. The van der Waals surface area contributed by atoms with Gasteiger partial charge in [0.05, 0.1) is 0 Å². The molecule has 8 rings (SSSR count). The van der Waals surface area contributed by atoms with Gasteiger partial charge in [-0.2, -0.15) is 0 Å². The van der Waals surface area contributed by atoms with Crippen LogP contribution in [-0.4, -0.2) is 3.21 Å². The molecule has 0 heterocycles. The summed E-state index contributed by atoms with van der Waals surface area (Å²) in [6.45, 7) is 14.2. The number of benzene rings is 6. The SMILES string of the molecule is CC(C)(C)c1cc2c(cc1-c1ccccc1)Cc1c-2cc(C(C)(C)C)c(-c2ccccc2)[c]1[Zr]([C]1=CC=CC1)=[C](c1ccc(Cl)cc1)c1ccc(Cl)cc1.Cl.Cl. The molecule has 0 atom stereocenters. The fourth-order valence-electron chi connectivity index (χ4n) is 8.40. The van der Waals surface area contributed by atoms with Crippen LogP contribution in [0, 0.1) is 0 Å². The topological polar surface area (TPSA) is 0 Å². The maximum atomic E-state index is 6.58. The van der Waals surface area contributed by atoms with Gasteiger partial charge in [-0.1, -0.05) is 0 Å². The molecule has 0 radical (unpaired) electrons. The maximum absolute atomic E-state index is 6.58. The number of halogens is 4. The standard InChI is InChI=1S/C33H33.C13H8Cl2.C5H5.2ClH.Zr/c1-32(2,3)30-20-26-24(18-28(30)22-13-9-7-10-14-22)17-25-19-29(23-15-11-8-12-16-23)31(21-27(25)26)33(4,5)6;14-12-5-1-10(2-6-12)9-11-3-7-13(15)8-4-11;1-2-4-5-3-1;;;/h7-16,18,20-21H,17H2,1-6H3;1-8H;1-3H,4H2;2*1H;. The van der Waals surface area contributed by atoms with Gasteiger partial charge in [0.25, 0.3) is 0 Å². The molecule has 0 unspecified atom stereocenters. The van der Waals surface area contributed by atoms with Crippen LogP contribution in [-0.2, 0) is 38.5 Å². The fraction of sp³-hybridized carbons (Fsp3) is 0.196. The summed E-state index contributed by atoms with van der Waals surface area (Å²) >= 11 is 10.0. The molecule has 2 aliphatic rings. The van der Waals surface area contributed by atoms with Crippen molar-refractivity contribution in [3.8, 4) is 33.4 Å². The van der Waals surface area contributed by atoms with Crippen molar-refractivity contribution >= 4 is 54.5 Å². The molecule has 5 heteroatoms. The van der Waals surface area contributed by atoms with Gasteiger partial charge < -0.3 is 0 Å². The second-order valence-electron chi connectivity index (χ2n) is 16.8. The second-order valence-corrected chi connectivity index (χ2v) is 23.5. The van der Waals surface area contributed by atoms with E-state index in [1.165, 1.54) is 70.0 Å². The Morgan fingerprint density at radius 3 is 1.59 bits per heavy atom. The molecular formula is C51H48Cl4Zr. The summed E-state index contributed by atoms with van der Waals surface area (Å²) in [7, 11) is 0. The van der Waals surface area contributed by atoms with Gasteiger partial charge in [-0.3, -0.25) is 0 Å². The molecule has 56 heavy (non-hydrogen) atoms. The van der Waals surface area contributed by atoms with Crippen molar-refractivity contribution in [1.29, 1.82) is 0 Å². The molecule has 6 aromatic rings. The zero-order valence-electron chi connectivity index (χ0n) is 32.8. The van der Waals surface area contributed by atoms with Crippen molar-refractivity contribution in [2.45, 2.75) is 65.2 Å². The van der Waals surface area contributed by atoms with Crippen LogP contribution >= 0.6 is 48.0 Å². The third kappa shape index (κ3) is 8.19. The van der Waals surface area contributed by atoms with E-state index in [4.69, 9.17) is 23.2 Å². The Bertz CT molecular complexity index is 2430. The summed E-state index contributed by atoms with van der Waals surface area (Å²) < 4.78 is 4.64. The van der Waals surface area contributed by atoms with Gasteiger partial charge in [-0.05, 0) is 0 Å². The van der Waals surface area contributed by atoms with Crippen molar-refractivity contribution in [3.05, 3.63) is 192 Å². The molecule has 0 nitrogen and oxygen atoms in total. The Morgan fingerprint density at radius 2 is 1.09 bits per heavy atom. The number of hydrogen-bond acceptors (Lipinski definition) is 0. The first kappa shape index (κ1) is 42.3. The quantitative estimate of drug-likeness (QED) is 0.156. The fourth-order valence-corrected chi connectivity index (χ4v) is 17.1. The van der Waals surface area contributed by atoms with Crippen molar-refractivity contribution in [2.75, 3.05) is 0 Å². The minimum atomic E-state index is -3.12. The van der Waals surface area contributed by atoms with E-state index in [0.717, 1.165) is 22.9 Å². The van der Waals surface area contributed by atoms with Crippen molar-refractivity contribution in [2.24, 2.45) is 0 Å². The van der Waals surface area contributed by atoms with Crippen molar-refractivity contribution in [3.63, 3.8) is 0 Å². The molecule has 0 fully saturated rings. The maximum Gasteiger partial charge on any atom is -0.147 e. The summed E-state index contributed by atoms with van der Waals surface area (Å²) in [5.41, 5.74) is 16.2. The molecule has 6 aromatic carbocycles. The van der Waals surface area contributed by atoms with Crippen LogP contribution in [0.3, 0.4) is 0 Å². The minimum absolute atomic E-state index is 0. The number of fused-ring (bicyclic) bond motifs is 3. The molecule has 0 saturated heterocycles. The van der Waals surface area contributed by atoms with Crippen LogP contribution in [0.15, 0.2) is 149 Å². The predicted octanol–water partition coefficient (Wildman–Crippen LogP) is 14.7. The molecule has 0 spiro atoms. The van der Waals surface area contributed by atoms with Crippen LogP contribution in [0.2, 0.25) is 10.0 Å². The average Bonchev–Trinajstić information content (AvgIpc) is 3.82. The average molecular weight is 894 g/mol.